The highest BCUT2D eigenvalue weighted by Crippen LogP contribution is 2.33. The summed E-state index contributed by atoms with van der Waals surface area (Å²) in [7, 11) is -4.05. The van der Waals surface area contributed by atoms with Gasteiger partial charge >= 0.3 is 0 Å². The molecule has 0 spiro atoms. The summed E-state index contributed by atoms with van der Waals surface area (Å²) in [5, 5.41) is 3.01. The van der Waals surface area contributed by atoms with Gasteiger partial charge in [0.25, 0.3) is 10.0 Å². The van der Waals surface area contributed by atoms with Crippen LogP contribution in [0.15, 0.2) is 88.7 Å². The van der Waals surface area contributed by atoms with Gasteiger partial charge in [-0.15, -0.1) is 11.8 Å². The molecule has 0 heterocycles. The number of carbonyl (C=O) groups is 1. The molecule has 0 aliphatic heterocycles. The third-order valence-corrected chi connectivity index (χ3v) is 8.67. The van der Waals surface area contributed by atoms with E-state index in [4.69, 9.17) is 4.74 Å². The smallest absolute Gasteiger partial charge is 0.264 e. The SMILES string of the molecule is CCOc1ccccc1N(CC(=O)NC(C)CC(C)(C)c1ccccc1)S(=O)(=O)c1ccc(SC)cc1. The Morgan fingerprint density at radius 1 is 1.00 bits per heavy atom. The van der Waals surface area contributed by atoms with Gasteiger partial charge in [0.1, 0.15) is 12.3 Å². The van der Waals surface area contributed by atoms with Crippen molar-refractivity contribution >= 4 is 33.4 Å². The topological polar surface area (TPSA) is 75.7 Å². The second-order valence-electron chi connectivity index (χ2n) is 9.51. The summed E-state index contributed by atoms with van der Waals surface area (Å²) in [6.07, 6.45) is 2.62. The van der Waals surface area contributed by atoms with Gasteiger partial charge in [0.2, 0.25) is 5.91 Å². The summed E-state index contributed by atoms with van der Waals surface area (Å²) in [5.41, 5.74) is 1.34. The van der Waals surface area contributed by atoms with E-state index in [0.29, 0.717) is 24.5 Å². The van der Waals surface area contributed by atoms with E-state index in [1.165, 1.54) is 17.3 Å². The fourth-order valence-corrected chi connectivity index (χ4v) is 6.23. The number of amides is 1. The molecule has 198 valence electrons. The molecule has 0 aromatic heterocycles. The highest BCUT2D eigenvalue weighted by molar-refractivity contribution is 7.98. The first-order valence-corrected chi connectivity index (χ1v) is 15.0. The van der Waals surface area contributed by atoms with Crippen LogP contribution in [-0.2, 0) is 20.2 Å². The zero-order valence-electron chi connectivity index (χ0n) is 22.1. The lowest BCUT2D eigenvalue weighted by Crippen LogP contribution is -2.45. The molecule has 0 bridgehead atoms. The fraction of sp³-hybridized carbons (Fsp3) is 0.345. The molecule has 1 atom stereocenters. The van der Waals surface area contributed by atoms with Crippen molar-refractivity contribution in [2.24, 2.45) is 0 Å². The molecule has 0 aliphatic rings. The summed E-state index contributed by atoms with van der Waals surface area (Å²) < 4.78 is 34.5. The molecular weight excluding hydrogens is 504 g/mol. The van der Waals surface area contributed by atoms with Crippen molar-refractivity contribution in [3.8, 4) is 5.75 Å². The standard InChI is InChI=1S/C29H36N2O4S2/c1-6-35-27-15-11-10-14-26(27)31(37(33,34)25-18-16-24(36-5)17-19-25)21-28(32)30-22(2)20-29(3,4)23-12-8-7-9-13-23/h7-19,22H,6,20-21H2,1-5H3,(H,30,32). The number of anilines is 1. The normalized spacial score (nSPS) is 12.6. The molecule has 6 nitrogen and oxygen atoms in total. The van der Waals surface area contributed by atoms with Crippen LogP contribution in [0.3, 0.4) is 0 Å². The zero-order chi connectivity index (χ0) is 27.1. The van der Waals surface area contributed by atoms with Crippen LogP contribution in [0.2, 0.25) is 0 Å². The quantitative estimate of drug-likeness (QED) is 0.291. The summed E-state index contributed by atoms with van der Waals surface area (Å²) in [4.78, 5) is 14.3. The number of hydrogen-bond acceptors (Lipinski definition) is 5. The minimum atomic E-state index is -4.05. The number of benzene rings is 3. The number of para-hydroxylation sites is 2. The molecule has 0 aliphatic carbocycles. The van der Waals surface area contributed by atoms with Gasteiger partial charge in [0.15, 0.2) is 0 Å². The Bertz CT molecular complexity index is 1280. The van der Waals surface area contributed by atoms with Gasteiger partial charge in [-0.25, -0.2) is 8.42 Å². The van der Waals surface area contributed by atoms with Gasteiger partial charge < -0.3 is 10.1 Å². The first-order chi connectivity index (χ1) is 17.6. The zero-order valence-corrected chi connectivity index (χ0v) is 23.7. The molecule has 3 aromatic rings. The molecule has 0 radical (unpaired) electrons. The number of sulfonamides is 1. The lowest BCUT2D eigenvalue weighted by molar-refractivity contribution is -0.120. The molecule has 8 heteroatoms. The van der Waals surface area contributed by atoms with E-state index in [9.17, 15) is 13.2 Å². The molecule has 1 N–H and O–H groups in total. The summed E-state index contributed by atoms with van der Waals surface area (Å²) in [6, 6.07) is 23.5. The lowest BCUT2D eigenvalue weighted by Gasteiger charge is -2.30. The average Bonchev–Trinajstić information content (AvgIpc) is 2.88. The van der Waals surface area contributed by atoms with Crippen molar-refractivity contribution in [3.05, 3.63) is 84.4 Å². The number of carbonyl (C=O) groups excluding carboxylic acids is 1. The Morgan fingerprint density at radius 3 is 2.24 bits per heavy atom. The van der Waals surface area contributed by atoms with Gasteiger partial charge in [-0.3, -0.25) is 9.10 Å². The van der Waals surface area contributed by atoms with Crippen LogP contribution in [0, 0.1) is 0 Å². The Kier molecular flexibility index (Phi) is 9.68. The number of nitrogens with zero attached hydrogens (tertiary/aromatic N) is 1. The monoisotopic (exact) mass is 540 g/mol. The molecular formula is C29H36N2O4S2. The van der Waals surface area contributed by atoms with Crippen molar-refractivity contribution in [1.29, 1.82) is 0 Å². The van der Waals surface area contributed by atoms with E-state index >= 15 is 0 Å². The van der Waals surface area contributed by atoms with E-state index < -0.39 is 10.0 Å². The second-order valence-corrected chi connectivity index (χ2v) is 12.3. The van der Waals surface area contributed by atoms with E-state index in [1.807, 2.05) is 38.3 Å². The van der Waals surface area contributed by atoms with Gasteiger partial charge in [0.05, 0.1) is 17.2 Å². The molecule has 0 saturated heterocycles. The number of thioether (sulfide) groups is 1. The predicted molar refractivity (Wildman–Crippen MR) is 152 cm³/mol. The van der Waals surface area contributed by atoms with Gasteiger partial charge in [-0.1, -0.05) is 56.3 Å². The third-order valence-electron chi connectivity index (χ3n) is 6.15. The third kappa shape index (κ3) is 7.29. The fourth-order valence-electron chi connectivity index (χ4n) is 4.39. The largest absolute Gasteiger partial charge is 0.492 e. The highest BCUT2D eigenvalue weighted by Gasteiger charge is 2.30. The van der Waals surface area contributed by atoms with Crippen LogP contribution in [-0.4, -0.2) is 39.8 Å². The highest BCUT2D eigenvalue weighted by atomic mass is 32.2. The lowest BCUT2D eigenvalue weighted by atomic mass is 9.79. The molecule has 0 fully saturated rings. The second kappa shape index (κ2) is 12.5. The van der Waals surface area contributed by atoms with Crippen LogP contribution in [0.4, 0.5) is 5.69 Å². The van der Waals surface area contributed by atoms with E-state index in [-0.39, 0.29) is 28.8 Å². The minimum Gasteiger partial charge on any atom is -0.492 e. The van der Waals surface area contributed by atoms with Gasteiger partial charge in [-0.05, 0) is 73.9 Å². The van der Waals surface area contributed by atoms with Crippen LogP contribution in [0.1, 0.15) is 39.7 Å². The van der Waals surface area contributed by atoms with Gasteiger partial charge in [-0.2, -0.15) is 0 Å². The van der Waals surface area contributed by atoms with E-state index in [0.717, 1.165) is 9.20 Å². The average molecular weight is 541 g/mol. The van der Waals surface area contributed by atoms with Crippen LogP contribution in [0.5, 0.6) is 5.75 Å². The van der Waals surface area contributed by atoms with Crippen LogP contribution >= 0.6 is 11.8 Å². The van der Waals surface area contributed by atoms with E-state index in [2.05, 4.69) is 31.3 Å². The summed E-state index contributed by atoms with van der Waals surface area (Å²) in [5.74, 6) is 0.0207. The Hall–Kier alpha value is -2.97. The molecule has 37 heavy (non-hydrogen) atoms. The van der Waals surface area contributed by atoms with Crippen molar-refractivity contribution in [2.75, 3.05) is 23.7 Å². The van der Waals surface area contributed by atoms with Crippen LogP contribution in [0.25, 0.3) is 0 Å². The summed E-state index contributed by atoms with van der Waals surface area (Å²) in [6.45, 7) is 8.05. The van der Waals surface area contributed by atoms with Gasteiger partial charge in [0, 0.05) is 10.9 Å². The number of ether oxygens (including phenoxy) is 1. The Balaban J connectivity index is 1.87. The Morgan fingerprint density at radius 2 is 1.62 bits per heavy atom. The van der Waals surface area contributed by atoms with Crippen LogP contribution < -0.4 is 14.4 Å². The van der Waals surface area contributed by atoms with Crippen molar-refractivity contribution in [1.82, 2.24) is 5.32 Å². The number of hydrogen-bond donors (Lipinski definition) is 1. The molecule has 1 amide bonds. The minimum absolute atomic E-state index is 0.114. The van der Waals surface area contributed by atoms with Crippen molar-refractivity contribution < 1.29 is 17.9 Å². The molecule has 1 unspecified atom stereocenters. The predicted octanol–water partition coefficient (Wildman–Crippen LogP) is 5.88. The maximum Gasteiger partial charge on any atom is 0.264 e. The molecule has 3 rings (SSSR count). The molecule has 0 saturated carbocycles. The first kappa shape index (κ1) is 28.6. The van der Waals surface area contributed by atoms with E-state index in [1.54, 1.807) is 48.5 Å². The summed E-state index contributed by atoms with van der Waals surface area (Å²) >= 11 is 1.53. The number of rotatable bonds is 12. The Labute approximate surface area is 225 Å². The van der Waals surface area contributed by atoms with Crippen molar-refractivity contribution in [2.45, 2.75) is 55.4 Å². The maximum atomic E-state index is 13.8. The molecule has 3 aromatic carbocycles. The van der Waals surface area contributed by atoms with Crippen molar-refractivity contribution in [3.63, 3.8) is 0 Å². The maximum absolute atomic E-state index is 13.8. The first-order valence-electron chi connectivity index (χ1n) is 12.3. The number of nitrogens with one attached hydrogen (secondary N) is 1.